The van der Waals surface area contributed by atoms with E-state index in [1.54, 1.807) is 0 Å². The van der Waals surface area contributed by atoms with Crippen molar-refractivity contribution in [1.82, 2.24) is 10.6 Å². The molecule has 3 nitrogen and oxygen atoms in total. The molecule has 0 radical (unpaired) electrons. The van der Waals surface area contributed by atoms with E-state index < -0.39 is 17.5 Å². The van der Waals surface area contributed by atoms with Crippen LogP contribution in [0.25, 0.3) is 0 Å². The summed E-state index contributed by atoms with van der Waals surface area (Å²) in [6.07, 6.45) is 0.843. The lowest BCUT2D eigenvalue weighted by atomic mass is 9.97. The van der Waals surface area contributed by atoms with E-state index in [4.69, 9.17) is 0 Å². The minimum absolute atomic E-state index is 0.0380. The Morgan fingerprint density at radius 3 is 2.89 bits per heavy atom. The first-order valence-electron chi connectivity index (χ1n) is 6.03. The lowest BCUT2D eigenvalue weighted by Crippen LogP contribution is -2.48. The molecule has 1 aliphatic heterocycles. The number of nitrogens with one attached hydrogen (secondary N) is 2. The average Bonchev–Trinajstić information content (AvgIpc) is 2.32. The maximum atomic E-state index is 13.4. The van der Waals surface area contributed by atoms with Crippen molar-refractivity contribution in [3.05, 3.63) is 35.4 Å². The van der Waals surface area contributed by atoms with Crippen LogP contribution in [0.15, 0.2) is 18.2 Å². The summed E-state index contributed by atoms with van der Waals surface area (Å²) < 4.78 is 26.4. The molecule has 0 aliphatic carbocycles. The highest BCUT2D eigenvalue weighted by molar-refractivity contribution is 5.94. The molecular weight excluding hydrogens is 238 g/mol. The van der Waals surface area contributed by atoms with Crippen molar-refractivity contribution in [2.45, 2.75) is 19.4 Å². The van der Waals surface area contributed by atoms with Crippen molar-refractivity contribution in [1.29, 1.82) is 0 Å². The van der Waals surface area contributed by atoms with Crippen LogP contribution in [0.1, 0.15) is 23.7 Å². The zero-order valence-electron chi connectivity index (χ0n) is 10.2. The molecule has 0 spiro atoms. The lowest BCUT2D eigenvalue weighted by Gasteiger charge is -2.28. The molecule has 1 heterocycles. The summed E-state index contributed by atoms with van der Waals surface area (Å²) in [5.41, 5.74) is -0.242. The SMILES string of the molecule is CC1CNCC(NC(=O)c2cccc(F)c2F)C1. The van der Waals surface area contributed by atoms with Gasteiger partial charge in [-0.05, 0) is 31.0 Å². The van der Waals surface area contributed by atoms with Crippen molar-refractivity contribution in [3.8, 4) is 0 Å². The number of amides is 1. The van der Waals surface area contributed by atoms with Crippen LogP contribution in [0.5, 0.6) is 0 Å². The fourth-order valence-corrected chi connectivity index (χ4v) is 2.21. The molecule has 18 heavy (non-hydrogen) atoms. The van der Waals surface area contributed by atoms with E-state index in [1.165, 1.54) is 12.1 Å². The molecule has 0 aromatic heterocycles. The molecule has 1 aromatic carbocycles. The van der Waals surface area contributed by atoms with Gasteiger partial charge in [0.25, 0.3) is 5.91 Å². The van der Waals surface area contributed by atoms with Crippen LogP contribution in [0.2, 0.25) is 0 Å². The largest absolute Gasteiger partial charge is 0.348 e. The third-order valence-electron chi connectivity index (χ3n) is 3.10. The van der Waals surface area contributed by atoms with Crippen molar-refractivity contribution >= 4 is 5.91 Å². The zero-order chi connectivity index (χ0) is 13.1. The van der Waals surface area contributed by atoms with Crippen LogP contribution in [-0.4, -0.2) is 25.0 Å². The predicted octanol–water partition coefficient (Wildman–Crippen LogP) is 1.69. The van der Waals surface area contributed by atoms with E-state index in [0.717, 1.165) is 19.0 Å². The fraction of sp³-hybridized carbons (Fsp3) is 0.462. The molecule has 0 saturated carbocycles. The summed E-state index contributed by atoms with van der Waals surface area (Å²) in [5.74, 6) is -2.20. The molecular formula is C13H16F2N2O. The molecule has 1 fully saturated rings. The standard InChI is InChI=1S/C13H16F2N2O/c1-8-5-9(7-16-6-8)17-13(18)10-3-2-4-11(14)12(10)15/h2-4,8-9,16H,5-7H2,1H3,(H,17,18). The molecule has 1 aromatic rings. The van der Waals surface area contributed by atoms with Gasteiger partial charge in [-0.3, -0.25) is 4.79 Å². The molecule has 2 unspecified atom stereocenters. The summed E-state index contributed by atoms with van der Waals surface area (Å²) in [7, 11) is 0. The van der Waals surface area contributed by atoms with Crippen LogP contribution in [-0.2, 0) is 0 Å². The van der Waals surface area contributed by atoms with E-state index in [9.17, 15) is 13.6 Å². The normalized spacial score (nSPS) is 23.7. The second kappa shape index (κ2) is 5.44. The van der Waals surface area contributed by atoms with Gasteiger partial charge in [0, 0.05) is 12.6 Å². The Labute approximate surface area is 105 Å². The summed E-state index contributed by atoms with van der Waals surface area (Å²) in [6.45, 7) is 3.65. The second-order valence-corrected chi connectivity index (χ2v) is 4.77. The third kappa shape index (κ3) is 2.85. The maximum Gasteiger partial charge on any atom is 0.254 e. The van der Waals surface area contributed by atoms with E-state index in [2.05, 4.69) is 17.6 Å². The first-order valence-corrected chi connectivity index (χ1v) is 6.03. The maximum absolute atomic E-state index is 13.4. The van der Waals surface area contributed by atoms with Crippen molar-refractivity contribution < 1.29 is 13.6 Å². The van der Waals surface area contributed by atoms with Gasteiger partial charge in [0.2, 0.25) is 0 Å². The Bertz CT molecular complexity index is 451. The Morgan fingerprint density at radius 2 is 2.17 bits per heavy atom. The van der Waals surface area contributed by atoms with Crippen LogP contribution in [0, 0.1) is 17.6 Å². The molecule has 0 bridgehead atoms. The van der Waals surface area contributed by atoms with E-state index in [0.29, 0.717) is 12.5 Å². The van der Waals surface area contributed by atoms with Crippen molar-refractivity contribution in [2.24, 2.45) is 5.92 Å². The lowest BCUT2D eigenvalue weighted by molar-refractivity contribution is 0.0920. The summed E-state index contributed by atoms with van der Waals surface area (Å²) in [6, 6.07) is 3.57. The molecule has 98 valence electrons. The zero-order valence-corrected chi connectivity index (χ0v) is 10.2. The van der Waals surface area contributed by atoms with Crippen molar-refractivity contribution in [2.75, 3.05) is 13.1 Å². The highest BCUT2D eigenvalue weighted by Crippen LogP contribution is 2.13. The molecule has 2 rings (SSSR count). The molecule has 2 atom stereocenters. The Kier molecular flexibility index (Phi) is 3.91. The Balaban J connectivity index is 2.05. The summed E-state index contributed by atoms with van der Waals surface area (Å²) in [5, 5.41) is 5.91. The Morgan fingerprint density at radius 1 is 1.39 bits per heavy atom. The monoisotopic (exact) mass is 254 g/mol. The molecule has 1 saturated heterocycles. The van der Waals surface area contributed by atoms with Gasteiger partial charge in [-0.15, -0.1) is 0 Å². The van der Waals surface area contributed by atoms with Gasteiger partial charge in [-0.2, -0.15) is 0 Å². The summed E-state index contributed by atoms with van der Waals surface area (Å²) in [4.78, 5) is 11.8. The Hall–Kier alpha value is -1.49. The fourth-order valence-electron chi connectivity index (χ4n) is 2.21. The number of carbonyl (C=O) groups excluding carboxylic acids is 1. The van der Waals surface area contributed by atoms with Gasteiger partial charge in [-0.1, -0.05) is 13.0 Å². The predicted molar refractivity (Wildman–Crippen MR) is 64.3 cm³/mol. The number of hydrogen-bond acceptors (Lipinski definition) is 2. The van der Waals surface area contributed by atoms with E-state index in [1.807, 2.05) is 0 Å². The van der Waals surface area contributed by atoms with Gasteiger partial charge < -0.3 is 10.6 Å². The second-order valence-electron chi connectivity index (χ2n) is 4.77. The number of piperidine rings is 1. The first-order chi connectivity index (χ1) is 8.58. The highest BCUT2D eigenvalue weighted by atomic mass is 19.2. The first kappa shape index (κ1) is 13.0. The van der Waals surface area contributed by atoms with Crippen LogP contribution < -0.4 is 10.6 Å². The topological polar surface area (TPSA) is 41.1 Å². The van der Waals surface area contributed by atoms with Gasteiger partial charge in [0.05, 0.1) is 5.56 Å². The van der Waals surface area contributed by atoms with Gasteiger partial charge in [0.1, 0.15) is 0 Å². The summed E-state index contributed by atoms with van der Waals surface area (Å²) >= 11 is 0. The minimum Gasteiger partial charge on any atom is -0.348 e. The van der Waals surface area contributed by atoms with Gasteiger partial charge in [-0.25, -0.2) is 8.78 Å². The van der Waals surface area contributed by atoms with E-state index >= 15 is 0 Å². The van der Waals surface area contributed by atoms with Gasteiger partial charge in [0.15, 0.2) is 11.6 Å². The third-order valence-corrected chi connectivity index (χ3v) is 3.10. The molecule has 5 heteroatoms. The minimum atomic E-state index is -1.09. The number of benzene rings is 1. The number of rotatable bonds is 2. The number of hydrogen-bond donors (Lipinski definition) is 2. The van der Waals surface area contributed by atoms with Gasteiger partial charge >= 0.3 is 0 Å². The van der Waals surface area contributed by atoms with E-state index in [-0.39, 0.29) is 11.6 Å². The average molecular weight is 254 g/mol. The van der Waals surface area contributed by atoms with Crippen molar-refractivity contribution in [3.63, 3.8) is 0 Å². The van der Waals surface area contributed by atoms with Crippen LogP contribution >= 0.6 is 0 Å². The number of halogens is 2. The quantitative estimate of drug-likeness (QED) is 0.843. The smallest absolute Gasteiger partial charge is 0.254 e. The molecule has 1 aliphatic rings. The number of carbonyl (C=O) groups is 1. The molecule has 1 amide bonds. The highest BCUT2D eigenvalue weighted by Gasteiger charge is 2.22. The molecule has 2 N–H and O–H groups in total. The van der Waals surface area contributed by atoms with Crippen LogP contribution in [0.3, 0.4) is 0 Å². The van der Waals surface area contributed by atoms with Crippen LogP contribution in [0.4, 0.5) is 8.78 Å².